The molecule has 7 rings (SSSR count). The van der Waals surface area contributed by atoms with Crippen LogP contribution in [0.3, 0.4) is 0 Å². The molecule has 7 aromatic rings. The fourth-order valence-electron chi connectivity index (χ4n) is 5.21. The highest BCUT2D eigenvalue weighted by molar-refractivity contribution is 6.10. The van der Waals surface area contributed by atoms with E-state index in [1.165, 1.54) is 11.0 Å². The number of hydrogen-bond acceptors (Lipinski definition) is 2. The number of rotatable bonds is 1. The first-order valence-corrected chi connectivity index (χ1v) is 11.3. The third kappa shape index (κ3) is 2.49. The predicted octanol–water partition coefficient (Wildman–Crippen LogP) is 7.76. The second-order valence-electron chi connectivity index (χ2n) is 9.73. The summed E-state index contributed by atoms with van der Waals surface area (Å²) >= 11 is 0. The van der Waals surface area contributed by atoms with Crippen LogP contribution in [-0.4, -0.2) is 14.0 Å². The molecular formula is C29H23N3O. The van der Waals surface area contributed by atoms with E-state index in [1.54, 1.807) is 0 Å². The van der Waals surface area contributed by atoms with Crippen LogP contribution in [0.25, 0.3) is 60.9 Å². The van der Waals surface area contributed by atoms with Gasteiger partial charge in [0.2, 0.25) is 5.78 Å². The fraction of sp³-hybridized carbons (Fsp3) is 0.138. The molecule has 0 spiro atoms. The van der Waals surface area contributed by atoms with Gasteiger partial charge in [0.15, 0.2) is 0 Å². The molecule has 3 aromatic heterocycles. The fourth-order valence-corrected chi connectivity index (χ4v) is 5.21. The van der Waals surface area contributed by atoms with Crippen molar-refractivity contribution < 1.29 is 4.42 Å². The lowest BCUT2D eigenvalue weighted by Gasteiger charge is -2.22. The Labute approximate surface area is 190 Å². The van der Waals surface area contributed by atoms with Crippen LogP contribution >= 0.6 is 0 Å². The minimum Gasteiger partial charge on any atom is -0.455 e. The summed E-state index contributed by atoms with van der Waals surface area (Å²) in [4.78, 5) is 5.12. The van der Waals surface area contributed by atoms with Gasteiger partial charge in [-0.05, 0) is 56.7 Å². The lowest BCUT2D eigenvalue weighted by atomic mass is 10.0. The Kier molecular flexibility index (Phi) is 3.51. The Balaban J connectivity index is 1.53. The molecule has 0 fully saturated rings. The molecule has 33 heavy (non-hydrogen) atoms. The Morgan fingerprint density at radius 3 is 2.33 bits per heavy atom. The molecular weight excluding hydrogens is 406 g/mol. The normalized spacial score (nSPS) is 12.7. The van der Waals surface area contributed by atoms with Crippen LogP contribution in [0.5, 0.6) is 0 Å². The Morgan fingerprint density at radius 1 is 0.727 bits per heavy atom. The number of benzene rings is 4. The predicted molar refractivity (Wildman–Crippen MR) is 136 cm³/mol. The van der Waals surface area contributed by atoms with E-state index in [9.17, 15) is 0 Å². The summed E-state index contributed by atoms with van der Waals surface area (Å²) in [6.07, 6.45) is 0. The number of fused-ring (bicyclic) bond motifs is 8. The minimum atomic E-state index is -0.0889. The summed E-state index contributed by atoms with van der Waals surface area (Å²) in [6.45, 7) is 6.69. The number of imidazole rings is 2. The Morgan fingerprint density at radius 2 is 1.48 bits per heavy atom. The maximum absolute atomic E-state index is 6.29. The van der Waals surface area contributed by atoms with Crippen molar-refractivity contribution in [2.75, 3.05) is 0 Å². The van der Waals surface area contributed by atoms with Gasteiger partial charge in [-0.3, -0.25) is 4.40 Å². The van der Waals surface area contributed by atoms with Crippen LogP contribution in [0.4, 0.5) is 0 Å². The highest BCUT2D eigenvalue weighted by atomic mass is 16.3. The zero-order valence-electron chi connectivity index (χ0n) is 18.8. The van der Waals surface area contributed by atoms with Crippen LogP contribution in [0.2, 0.25) is 0 Å². The van der Waals surface area contributed by atoms with E-state index in [4.69, 9.17) is 9.40 Å². The van der Waals surface area contributed by atoms with Crippen LogP contribution in [0.1, 0.15) is 20.8 Å². The molecule has 0 aliphatic heterocycles. The Bertz CT molecular complexity index is 1860. The van der Waals surface area contributed by atoms with Gasteiger partial charge in [-0.1, -0.05) is 54.6 Å². The van der Waals surface area contributed by atoms with E-state index in [1.807, 2.05) is 12.1 Å². The molecule has 4 aromatic carbocycles. The minimum absolute atomic E-state index is 0.0889. The van der Waals surface area contributed by atoms with Crippen LogP contribution in [0, 0.1) is 0 Å². The van der Waals surface area contributed by atoms with Gasteiger partial charge in [-0.25, -0.2) is 4.98 Å². The van der Waals surface area contributed by atoms with Crippen LogP contribution < -0.4 is 0 Å². The lowest BCUT2D eigenvalue weighted by Crippen LogP contribution is -2.21. The third-order valence-electron chi connectivity index (χ3n) is 6.59. The van der Waals surface area contributed by atoms with Crippen LogP contribution in [-0.2, 0) is 5.54 Å². The van der Waals surface area contributed by atoms with Gasteiger partial charge in [0.1, 0.15) is 11.2 Å². The van der Waals surface area contributed by atoms with Crippen molar-refractivity contribution in [1.82, 2.24) is 14.0 Å². The summed E-state index contributed by atoms with van der Waals surface area (Å²) in [5, 5.41) is 2.29. The number of hydrogen-bond donors (Lipinski definition) is 0. The molecule has 0 amide bonds. The molecule has 160 valence electrons. The molecule has 0 bridgehead atoms. The molecule has 0 aliphatic carbocycles. The molecule has 0 N–H and O–H groups in total. The summed E-state index contributed by atoms with van der Waals surface area (Å²) in [5.41, 5.74) is 8.43. The molecule has 0 aliphatic rings. The average Bonchev–Trinajstić information content (AvgIpc) is 3.46. The third-order valence-corrected chi connectivity index (χ3v) is 6.59. The summed E-state index contributed by atoms with van der Waals surface area (Å²) < 4.78 is 10.9. The standard InChI is InChI=1S/C29H23N3O/c1-29(2,3)32-25-13-6-5-12-24(25)31-23-16-15-18(17-22(23)30-28(31)32)19-10-8-11-21-20-9-4-7-14-26(20)33-27(19)21/h4-17H,1-3H3. The molecule has 4 nitrogen and oxygen atoms in total. The highest BCUT2D eigenvalue weighted by Gasteiger charge is 2.23. The van der Waals surface area contributed by atoms with E-state index in [0.717, 1.165) is 49.9 Å². The van der Waals surface area contributed by atoms with Crippen molar-refractivity contribution in [3.63, 3.8) is 0 Å². The number of furan rings is 1. The van der Waals surface area contributed by atoms with Gasteiger partial charge in [0.25, 0.3) is 0 Å². The average molecular weight is 430 g/mol. The zero-order valence-corrected chi connectivity index (χ0v) is 18.8. The van der Waals surface area contributed by atoms with Crippen LogP contribution in [0.15, 0.2) is 89.3 Å². The van der Waals surface area contributed by atoms with Gasteiger partial charge >= 0.3 is 0 Å². The second kappa shape index (κ2) is 6.26. The largest absolute Gasteiger partial charge is 0.455 e. The van der Waals surface area contributed by atoms with Crippen molar-refractivity contribution in [2.24, 2.45) is 0 Å². The molecule has 3 heterocycles. The van der Waals surface area contributed by atoms with Gasteiger partial charge in [0.05, 0.1) is 22.1 Å². The van der Waals surface area contributed by atoms with Crippen molar-refractivity contribution in [1.29, 1.82) is 0 Å². The van der Waals surface area contributed by atoms with Crippen molar-refractivity contribution in [2.45, 2.75) is 26.3 Å². The van der Waals surface area contributed by atoms with Gasteiger partial charge in [-0.2, -0.15) is 0 Å². The molecule has 0 saturated carbocycles. The quantitative estimate of drug-likeness (QED) is 0.267. The lowest BCUT2D eigenvalue weighted by molar-refractivity contribution is 0.419. The first kappa shape index (κ1) is 18.5. The number of aromatic nitrogens is 3. The molecule has 0 atom stereocenters. The monoisotopic (exact) mass is 429 g/mol. The van der Waals surface area contributed by atoms with E-state index in [0.29, 0.717) is 0 Å². The van der Waals surface area contributed by atoms with Crippen molar-refractivity contribution in [3.8, 4) is 11.1 Å². The zero-order chi connectivity index (χ0) is 22.3. The van der Waals surface area contributed by atoms with E-state index in [2.05, 4.69) is 103 Å². The van der Waals surface area contributed by atoms with E-state index >= 15 is 0 Å². The first-order chi connectivity index (χ1) is 16.0. The second-order valence-corrected chi connectivity index (χ2v) is 9.73. The molecule has 0 unspecified atom stereocenters. The molecule has 0 radical (unpaired) electrons. The Hall–Kier alpha value is -4.05. The van der Waals surface area contributed by atoms with E-state index < -0.39 is 0 Å². The van der Waals surface area contributed by atoms with Crippen molar-refractivity contribution >= 4 is 49.8 Å². The molecule has 4 heteroatoms. The van der Waals surface area contributed by atoms with E-state index in [-0.39, 0.29) is 5.54 Å². The summed E-state index contributed by atoms with van der Waals surface area (Å²) in [7, 11) is 0. The number of para-hydroxylation sites is 4. The summed E-state index contributed by atoms with van der Waals surface area (Å²) in [6, 6.07) is 29.7. The van der Waals surface area contributed by atoms with Gasteiger partial charge in [0, 0.05) is 21.9 Å². The SMILES string of the molecule is CC(C)(C)n1c2ccccc2n2c3ccc(-c4cccc5c4oc4ccccc45)cc3nc12. The maximum Gasteiger partial charge on any atom is 0.216 e. The smallest absolute Gasteiger partial charge is 0.216 e. The topological polar surface area (TPSA) is 35.4 Å². The van der Waals surface area contributed by atoms with Crippen molar-refractivity contribution in [3.05, 3.63) is 84.9 Å². The first-order valence-electron chi connectivity index (χ1n) is 11.3. The summed E-state index contributed by atoms with van der Waals surface area (Å²) in [5.74, 6) is 0.970. The maximum atomic E-state index is 6.29. The molecule has 0 saturated heterocycles. The van der Waals surface area contributed by atoms with Gasteiger partial charge in [-0.15, -0.1) is 0 Å². The number of nitrogens with zero attached hydrogens (tertiary/aromatic N) is 3. The van der Waals surface area contributed by atoms with Gasteiger partial charge < -0.3 is 8.98 Å². The highest BCUT2D eigenvalue weighted by Crippen LogP contribution is 2.37.